The monoisotopic (exact) mass is 283 g/mol. The van der Waals surface area contributed by atoms with E-state index in [0.29, 0.717) is 0 Å². The highest BCUT2D eigenvalue weighted by Crippen LogP contribution is 2.28. The minimum Gasteiger partial charge on any atom is -0.330 e. The van der Waals surface area contributed by atoms with Crippen LogP contribution in [0.25, 0.3) is 0 Å². The van der Waals surface area contributed by atoms with Crippen molar-refractivity contribution < 1.29 is 9.47 Å². The Balaban J connectivity index is 3.13. The first-order chi connectivity index (χ1) is 9.21. The average molecular weight is 283 g/mol. The van der Waals surface area contributed by atoms with Gasteiger partial charge in [0.15, 0.2) is 6.29 Å². The lowest BCUT2D eigenvalue weighted by Crippen LogP contribution is -2.34. The number of hydrogen-bond acceptors (Lipinski definition) is 2. The molecule has 0 aliphatic heterocycles. The maximum atomic E-state index is 5.91. The predicted molar refractivity (Wildman–Crippen MR) is 82.6 cm³/mol. The van der Waals surface area contributed by atoms with Gasteiger partial charge in [0, 0.05) is 5.56 Å². The zero-order chi connectivity index (χ0) is 15.4. The first-order valence-corrected chi connectivity index (χ1v) is 6.82. The van der Waals surface area contributed by atoms with Crippen molar-refractivity contribution in [2.75, 3.05) is 0 Å². The van der Waals surface area contributed by atoms with Gasteiger partial charge in [0.2, 0.25) is 0 Å². The molecule has 2 nitrogen and oxygen atoms in total. The van der Waals surface area contributed by atoms with Crippen molar-refractivity contribution in [1.82, 2.24) is 0 Å². The van der Waals surface area contributed by atoms with E-state index < -0.39 is 17.5 Å². The molecular weight excluding hydrogens is 264 g/mol. The lowest BCUT2D eigenvalue weighted by atomic mass is 10.1. The maximum Gasteiger partial charge on any atom is 0.187 e. The molecule has 0 aromatic heterocycles. The van der Waals surface area contributed by atoms with Crippen LogP contribution in [0, 0.1) is 24.7 Å². The second kappa shape index (κ2) is 6.28. The number of terminal acetylenes is 2. The van der Waals surface area contributed by atoms with E-state index in [1.807, 2.05) is 52.0 Å². The summed E-state index contributed by atoms with van der Waals surface area (Å²) in [7, 11) is 3.55. The zero-order valence-corrected chi connectivity index (χ0v) is 13.4. The molecule has 0 saturated heterocycles. The molecule has 20 heavy (non-hydrogen) atoms. The Kier molecular flexibility index (Phi) is 5.19. The van der Waals surface area contributed by atoms with Crippen LogP contribution in [0.1, 0.15) is 39.5 Å². The van der Waals surface area contributed by atoms with Gasteiger partial charge in [-0.3, -0.25) is 0 Å². The van der Waals surface area contributed by atoms with E-state index in [1.54, 1.807) is 0 Å². The molecule has 0 aliphatic rings. The summed E-state index contributed by atoms with van der Waals surface area (Å²) in [4.78, 5) is 0. The Hall–Kier alpha value is -1.52. The SMILES string of the molecule is C#CC(C)(C)OC(OC(C)(C)C#C)c1ccccc1[Si]. The van der Waals surface area contributed by atoms with Gasteiger partial charge in [0.25, 0.3) is 0 Å². The Labute approximate surface area is 125 Å². The van der Waals surface area contributed by atoms with Crippen LogP contribution in [0.2, 0.25) is 0 Å². The van der Waals surface area contributed by atoms with E-state index in [2.05, 4.69) is 22.1 Å². The highest BCUT2D eigenvalue weighted by molar-refractivity contribution is 6.33. The highest BCUT2D eigenvalue weighted by Gasteiger charge is 2.29. The molecule has 3 radical (unpaired) electrons. The van der Waals surface area contributed by atoms with Crippen LogP contribution in [0.4, 0.5) is 0 Å². The summed E-state index contributed by atoms with van der Waals surface area (Å²) in [5.74, 6) is 5.19. The molecule has 0 aliphatic carbocycles. The predicted octanol–water partition coefficient (Wildman–Crippen LogP) is 2.34. The molecule has 0 amide bonds. The average Bonchev–Trinajstić information content (AvgIpc) is 2.38. The quantitative estimate of drug-likeness (QED) is 0.469. The van der Waals surface area contributed by atoms with Gasteiger partial charge in [-0.15, -0.1) is 12.8 Å². The third kappa shape index (κ3) is 4.54. The van der Waals surface area contributed by atoms with Gasteiger partial charge in [-0.1, -0.05) is 41.3 Å². The van der Waals surface area contributed by atoms with Crippen molar-refractivity contribution in [3.05, 3.63) is 29.8 Å². The van der Waals surface area contributed by atoms with Crippen molar-refractivity contribution in [3.63, 3.8) is 0 Å². The van der Waals surface area contributed by atoms with E-state index in [9.17, 15) is 0 Å². The molecule has 0 spiro atoms. The topological polar surface area (TPSA) is 18.5 Å². The van der Waals surface area contributed by atoms with Crippen LogP contribution in [0.15, 0.2) is 24.3 Å². The third-order valence-electron chi connectivity index (χ3n) is 2.71. The maximum absolute atomic E-state index is 5.91. The molecule has 1 rings (SSSR count). The summed E-state index contributed by atoms with van der Waals surface area (Å²) >= 11 is 0. The minimum absolute atomic E-state index is 0.652. The second-order valence-corrected chi connectivity index (χ2v) is 6.00. The molecule has 0 bridgehead atoms. The Morgan fingerprint density at radius 2 is 1.45 bits per heavy atom. The third-order valence-corrected chi connectivity index (χ3v) is 3.17. The van der Waals surface area contributed by atoms with Crippen molar-refractivity contribution in [1.29, 1.82) is 0 Å². The van der Waals surface area contributed by atoms with Gasteiger partial charge in [-0.2, -0.15) is 0 Å². The second-order valence-electron chi connectivity index (χ2n) is 5.46. The van der Waals surface area contributed by atoms with Crippen molar-refractivity contribution in [3.8, 4) is 24.7 Å². The zero-order valence-electron chi connectivity index (χ0n) is 12.4. The molecule has 0 unspecified atom stereocenters. The van der Waals surface area contributed by atoms with E-state index >= 15 is 0 Å². The first kappa shape index (κ1) is 16.5. The Bertz CT molecular complexity index is 519. The summed E-state index contributed by atoms with van der Waals surface area (Å²) < 4.78 is 11.8. The summed E-state index contributed by atoms with van der Waals surface area (Å²) in [6.45, 7) is 7.23. The van der Waals surface area contributed by atoms with Gasteiger partial charge in [0.1, 0.15) is 11.2 Å². The summed E-state index contributed by atoms with van der Waals surface area (Å²) in [6.07, 6.45) is 10.3. The number of benzene rings is 1. The van der Waals surface area contributed by atoms with Gasteiger partial charge in [-0.05, 0) is 27.7 Å². The van der Waals surface area contributed by atoms with Crippen LogP contribution in [-0.4, -0.2) is 21.4 Å². The molecule has 1 aromatic carbocycles. The van der Waals surface area contributed by atoms with Crippen LogP contribution < -0.4 is 5.19 Å². The van der Waals surface area contributed by atoms with E-state index in [1.165, 1.54) is 0 Å². The Morgan fingerprint density at radius 1 is 1.00 bits per heavy atom. The lowest BCUT2D eigenvalue weighted by molar-refractivity contribution is -0.220. The number of hydrogen-bond donors (Lipinski definition) is 0. The molecule has 0 atom stereocenters. The largest absolute Gasteiger partial charge is 0.330 e. The molecule has 103 valence electrons. The van der Waals surface area contributed by atoms with Gasteiger partial charge in [-0.25, -0.2) is 0 Å². The van der Waals surface area contributed by atoms with Crippen molar-refractivity contribution >= 4 is 15.4 Å². The smallest absolute Gasteiger partial charge is 0.187 e. The minimum atomic E-state index is -0.760. The standard InChI is InChI=1S/C17H19O2Si/c1-7-16(3,4)18-15(19-17(5,6)8-2)13-11-9-10-12-14(13)20/h1-2,9-12,15H,3-6H3. The van der Waals surface area contributed by atoms with E-state index in [4.69, 9.17) is 22.3 Å². The van der Waals surface area contributed by atoms with Crippen molar-refractivity contribution in [2.45, 2.75) is 45.2 Å². The van der Waals surface area contributed by atoms with Crippen LogP contribution >= 0.6 is 0 Å². The highest BCUT2D eigenvalue weighted by atomic mass is 28.1. The molecular formula is C17H19O2Si. The van der Waals surface area contributed by atoms with Crippen molar-refractivity contribution in [2.24, 2.45) is 0 Å². The van der Waals surface area contributed by atoms with Crippen LogP contribution in [0.3, 0.4) is 0 Å². The van der Waals surface area contributed by atoms with Crippen LogP contribution in [0.5, 0.6) is 0 Å². The Morgan fingerprint density at radius 3 is 1.85 bits per heavy atom. The summed E-state index contributed by atoms with van der Waals surface area (Å²) in [5, 5.41) is 0.873. The first-order valence-electron chi connectivity index (χ1n) is 6.32. The fraction of sp³-hybridized carbons (Fsp3) is 0.412. The molecule has 0 N–H and O–H groups in total. The van der Waals surface area contributed by atoms with E-state index in [0.717, 1.165) is 10.8 Å². The van der Waals surface area contributed by atoms with Gasteiger partial charge >= 0.3 is 0 Å². The molecule has 0 heterocycles. The fourth-order valence-electron chi connectivity index (χ4n) is 1.46. The van der Waals surface area contributed by atoms with Gasteiger partial charge < -0.3 is 9.47 Å². The molecule has 0 saturated carbocycles. The normalized spacial score (nSPS) is 12.0. The number of rotatable bonds is 5. The summed E-state index contributed by atoms with van der Waals surface area (Å²) in [5.41, 5.74) is -0.677. The van der Waals surface area contributed by atoms with E-state index in [-0.39, 0.29) is 0 Å². The molecule has 1 aromatic rings. The summed E-state index contributed by atoms with van der Waals surface area (Å²) in [6, 6.07) is 7.65. The lowest BCUT2D eigenvalue weighted by Gasteiger charge is -2.32. The van der Waals surface area contributed by atoms with Gasteiger partial charge in [0.05, 0.1) is 10.2 Å². The van der Waals surface area contributed by atoms with Crippen LogP contribution in [-0.2, 0) is 9.47 Å². The molecule has 0 fully saturated rings. The number of ether oxygens (including phenoxy) is 2. The molecule has 3 heteroatoms. The fourth-order valence-corrected chi connectivity index (χ4v) is 1.75.